The van der Waals surface area contributed by atoms with E-state index in [1.807, 2.05) is 42.5 Å². The van der Waals surface area contributed by atoms with Crippen molar-refractivity contribution in [2.45, 2.75) is 12.8 Å². The summed E-state index contributed by atoms with van der Waals surface area (Å²) in [7, 11) is 0. The number of hydrogen-bond donors (Lipinski definition) is 0. The predicted octanol–water partition coefficient (Wildman–Crippen LogP) is 3.71. The van der Waals surface area contributed by atoms with Crippen LogP contribution in [0.5, 0.6) is 0 Å². The van der Waals surface area contributed by atoms with E-state index in [4.69, 9.17) is 11.6 Å². The Hall–Kier alpha value is -1.68. The molecule has 0 N–H and O–H groups in total. The van der Waals surface area contributed by atoms with Gasteiger partial charge in [-0.15, -0.1) is 11.6 Å². The Morgan fingerprint density at radius 2 is 1.86 bits per heavy atom. The molecule has 0 fully saturated rings. The van der Waals surface area contributed by atoms with Crippen LogP contribution in [0.3, 0.4) is 0 Å². The average molecular weight is 312 g/mol. The van der Waals surface area contributed by atoms with E-state index in [2.05, 4.69) is 0 Å². The van der Waals surface area contributed by atoms with Crippen LogP contribution >= 0.6 is 11.6 Å². The first kappa shape index (κ1) is 15.7. The first-order chi connectivity index (χ1) is 10.1. The van der Waals surface area contributed by atoms with Crippen LogP contribution in [0.15, 0.2) is 42.5 Å². The number of hydrogen-bond acceptors (Lipinski definition) is 1. The summed E-state index contributed by atoms with van der Waals surface area (Å²) in [4.78, 5) is 13.2. The van der Waals surface area contributed by atoms with Crippen molar-refractivity contribution in [3.05, 3.63) is 48.0 Å². The third-order valence-corrected chi connectivity index (χ3v) is 3.40. The Bertz CT molecular complexity index is 618. The number of nitrogens with zero attached hydrogens (tertiary/aromatic N) is 1. The lowest BCUT2D eigenvalue weighted by molar-refractivity contribution is -0.132. The van der Waals surface area contributed by atoms with Crippen LogP contribution < -0.4 is 0 Å². The molecule has 2 rings (SSSR count). The summed E-state index contributed by atoms with van der Waals surface area (Å²) in [6, 6.07) is 13.5. The fourth-order valence-electron chi connectivity index (χ4n) is 2.22. The summed E-state index contributed by atoms with van der Waals surface area (Å²) in [6.07, 6.45) is -2.44. The fraction of sp³-hybridized carbons (Fsp3) is 0.312. The second kappa shape index (κ2) is 7.36. The molecule has 112 valence electrons. The number of fused-ring (bicyclic) bond motifs is 1. The van der Waals surface area contributed by atoms with E-state index in [1.54, 1.807) is 0 Å². The highest BCUT2D eigenvalue weighted by atomic mass is 35.5. The van der Waals surface area contributed by atoms with E-state index in [0.29, 0.717) is 0 Å². The maximum absolute atomic E-state index is 12.5. The molecule has 5 heteroatoms. The number of alkyl halides is 3. The van der Waals surface area contributed by atoms with E-state index in [-0.39, 0.29) is 24.8 Å². The molecule has 2 nitrogen and oxygen atoms in total. The van der Waals surface area contributed by atoms with Crippen molar-refractivity contribution in [1.29, 1.82) is 0 Å². The summed E-state index contributed by atoms with van der Waals surface area (Å²) in [5, 5.41) is 2.11. The van der Waals surface area contributed by atoms with Crippen LogP contribution in [0, 0.1) is 0 Å². The minimum Gasteiger partial charge on any atom is -0.335 e. The number of halogens is 3. The van der Waals surface area contributed by atoms with Gasteiger partial charge in [-0.2, -0.15) is 0 Å². The molecule has 0 unspecified atom stereocenters. The number of benzene rings is 2. The normalized spacial score (nSPS) is 11.0. The zero-order chi connectivity index (χ0) is 15.2. The van der Waals surface area contributed by atoms with Gasteiger partial charge in [-0.25, -0.2) is 8.78 Å². The zero-order valence-electron chi connectivity index (χ0n) is 11.4. The first-order valence-electron chi connectivity index (χ1n) is 6.69. The fourth-order valence-corrected chi connectivity index (χ4v) is 2.43. The third-order valence-electron chi connectivity index (χ3n) is 3.23. The molecule has 1 amide bonds. The molecule has 0 aliphatic carbocycles. The maximum atomic E-state index is 12.5. The lowest BCUT2D eigenvalue weighted by Gasteiger charge is -2.21. The molecular formula is C16H16ClF2NO. The van der Waals surface area contributed by atoms with Crippen molar-refractivity contribution in [2.24, 2.45) is 0 Å². The molecule has 21 heavy (non-hydrogen) atoms. The SMILES string of the molecule is O=C(Cc1ccc2ccccc2c1)N(CCCl)CC(F)F. The van der Waals surface area contributed by atoms with E-state index >= 15 is 0 Å². The second-order valence-electron chi connectivity index (χ2n) is 4.78. The van der Waals surface area contributed by atoms with E-state index in [1.165, 1.54) is 0 Å². The van der Waals surface area contributed by atoms with E-state index in [9.17, 15) is 13.6 Å². The minimum atomic E-state index is -2.55. The molecule has 0 saturated carbocycles. The molecule has 2 aromatic carbocycles. The van der Waals surface area contributed by atoms with Gasteiger partial charge in [0.2, 0.25) is 5.91 Å². The Kier molecular flexibility index (Phi) is 5.51. The lowest BCUT2D eigenvalue weighted by Crippen LogP contribution is -2.37. The van der Waals surface area contributed by atoms with Crippen LogP contribution in [-0.4, -0.2) is 36.2 Å². The standard InChI is InChI=1S/C16H16ClF2NO/c17-7-8-20(11-15(18)19)16(21)10-12-5-6-13-3-1-2-4-14(13)9-12/h1-6,9,15H,7-8,10-11H2. The minimum absolute atomic E-state index is 0.106. The highest BCUT2D eigenvalue weighted by Gasteiger charge is 2.18. The van der Waals surface area contributed by atoms with Crippen molar-refractivity contribution < 1.29 is 13.6 Å². The molecule has 2 aromatic rings. The quantitative estimate of drug-likeness (QED) is 0.745. The second-order valence-corrected chi connectivity index (χ2v) is 5.16. The van der Waals surface area contributed by atoms with Gasteiger partial charge in [0, 0.05) is 12.4 Å². The van der Waals surface area contributed by atoms with Crippen LogP contribution in [0.4, 0.5) is 8.78 Å². The molecule has 0 bridgehead atoms. The largest absolute Gasteiger partial charge is 0.335 e. The molecule has 0 saturated heterocycles. The van der Waals surface area contributed by atoms with Gasteiger partial charge in [0.1, 0.15) is 0 Å². The monoisotopic (exact) mass is 311 g/mol. The number of amides is 1. The number of rotatable bonds is 6. The van der Waals surface area contributed by atoms with Gasteiger partial charge in [-0.3, -0.25) is 4.79 Å². The van der Waals surface area contributed by atoms with E-state index < -0.39 is 13.0 Å². The van der Waals surface area contributed by atoms with Gasteiger partial charge in [-0.05, 0) is 16.3 Å². The van der Waals surface area contributed by atoms with Crippen molar-refractivity contribution in [2.75, 3.05) is 19.0 Å². The summed E-state index contributed by atoms with van der Waals surface area (Å²) < 4.78 is 25.0. The van der Waals surface area contributed by atoms with Gasteiger partial charge in [0.15, 0.2) is 0 Å². The maximum Gasteiger partial charge on any atom is 0.255 e. The Labute approximate surface area is 127 Å². The molecule has 0 aliphatic heterocycles. The summed E-state index contributed by atoms with van der Waals surface area (Å²) >= 11 is 5.57. The van der Waals surface area contributed by atoms with Crippen molar-refractivity contribution >= 4 is 28.3 Å². The molecule has 0 spiro atoms. The first-order valence-corrected chi connectivity index (χ1v) is 7.23. The van der Waals surface area contributed by atoms with E-state index in [0.717, 1.165) is 21.2 Å². The Morgan fingerprint density at radius 3 is 2.52 bits per heavy atom. The van der Waals surface area contributed by atoms with Gasteiger partial charge in [-0.1, -0.05) is 42.5 Å². The van der Waals surface area contributed by atoms with Crippen LogP contribution in [0.25, 0.3) is 10.8 Å². The van der Waals surface area contributed by atoms with Gasteiger partial charge in [0.05, 0.1) is 13.0 Å². The predicted molar refractivity (Wildman–Crippen MR) is 81.0 cm³/mol. The molecule has 0 atom stereocenters. The summed E-state index contributed by atoms with van der Waals surface area (Å²) in [5.74, 6) is -0.179. The van der Waals surface area contributed by atoms with Gasteiger partial charge >= 0.3 is 0 Å². The summed E-state index contributed by atoms with van der Waals surface area (Å²) in [6.45, 7) is -0.433. The Morgan fingerprint density at radius 1 is 1.14 bits per heavy atom. The zero-order valence-corrected chi connectivity index (χ0v) is 12.2. The van der Waals surface area contributed by atoms with Crippen molar-refractivity contribution in [3.63, 3.8) is 0 Å². The number of carbonyl (C=O) groups is 1. The lowest BCUT2D eigenvalue weighted by atomic mass is 10.0. The van der Waals surface area contributed by atoms with Gasteiger partial charge in [0.25, 0.3) is 6.43 Å². The van der Waals surface area contributed by atoms with Crippen LogP contribution in [-0.2, 0) is 11.2 Å². The smallest absolute Gasteiger partial charge is 0.255 e. The highest BCUT2D eigenvalue weighted by molar-refractivity contribution is 6.18. The molecule has 0 heterocycles. The topological polar surface area (TPSA) is 20.3 Å². The Balaban J connectivity index is 2.11. The van der Waals surface area contributed by atoms with Crippen molar-refractivity contribution in [3.8, 4) is 0 Å². The summed E-state index contributed by atoms with van der Waals surface area (Å²) in [5.41, 5.74) is 0.813. The molecule has 0 radical (unpaired) electrons. The average Bonchev–Trinajstić information content (AvgIpc) is 2.46. The van der Waals surface area contributed by atoms with Crippen LogP contribution in [0.1, 0.15) is 5.56 Å². The molecular weight excluding hydrogens is 296 g/mol. The highest BCUT2D eigenvalue weighted by Crippen LogP contribution is 2.16. The molecule has 0 aromatic heterocycles. The number of carbonyl (C=O) groups excluding carboxylic acids is 1. The van der Waals surface area contributed by atoms with Crippen LogP contribution in [0.2, 0.25) is 0 Å². The third kappa shape index (κ3) is 4.39. The van der Waals surface area contributed by atoms with Gasteiger partial charge < -0.3 is 4.90 Å². The van der Waals surface area contributed by atoms with Crippen molar-refractivity contribution in [1.82, 2.24) is 4.90 Å². The molecule has 0 aliphatic rings.